The number of carbonyl (C=O) groups excluding carboxylic acids is 4. The number of aryl methyl sites for hydroxylation is 1. The van der Waals surface area contributed by atoms with Crippen molar-refractivity contribution in [3.63, 3.8) is 0 Å². The molecule has 0 unspecified atom stereocenters. The Hall–Kier alpha value is -4.02. The number of hydrogen-bond acceptors (Lipinski definition) is 15. The third kappa shape index (κ3) is 11.1. The number of alkyl halides is 1. The predicted octanol–water partition coefficient (Wildman–Crippen LogP) is 6.28. The molecule has 364 valence electrons. The minimum atomic E-state index is -5.36. The standard InChI is InChI=1S/C44H65F3N6O11S/c1-12-33-44(13-2)36(53(41(58)64-44)20-15-14-19-52-24-31(48-50-52)29-17-16-18-30(22-29)49-65(46,47)59)27(5)34(54)25(3)23-42(7,60-11)38(28(6)37(56)43(8,45)40(57)62-33)63-39-35(55)32(51(9)10)21-26(4)61-39/h16-18,22,24-28,32-33,35-36,38-39,55H,12-15,19-21,23H2,1-11H3/t25-,26-,27+,28-,32+,33-,35-,36-,38-,39-,42+,43+,44-/m1/s1. The second kappa shape index (κ2) is 20.5. The molecule has 5 rings (SSSR count). The van der Waals surface area contributed by atoms with Gasteiger partial charge < -0.3 is 38.6 Å². The Labute approximate surface area is 379 Å². The fraction of sp³-hybridized carbons (Fsp3) is 0.727. The Morgan fingerprint density at radius 3 is 2.34 bits per heavy atom. The first-order valence-electron chi connectivity index (χ1n) is 22.2. The summed E-state index contributed by atoms with van der Waals surface area (Å²) in [5.74, 6) is -6.11. The molecule has 17 nitrogen and oxygen atoms in total. The van der Waals surface area contributed by atoms with Gasteiger partial charge in [-0.05, 0) is 85.5 Å². The number of likely N-dealkylation sites (N-methyl/N-ethyl adjacent to an activating group) is 1. The zero-order valence-corrected chi connectivity index (χ0v) is 39.9. The molecule has 3 fully saturated rings. The van der Waals surface area contributed by atoms with Gasteiger partial charge >= 0.3 is 22.6 Å². The summed E-state index contributed by atoms with van der Waals surface area (Å²) in [7, 11) is -0.382. The van der Waals surface area contributed by atoms with Gasteiger partial charge in [0.1, 0.15) is 23.7 Å². The zero-order chi connectivity index (χ0) is 48.4. The van der Waals surface area contributed by atoms with Crippen LogP contribution in [0.5, 0.6) is 0 Å². The molecule has 0 spiro atoms. The molecule has 0 aliphatic carbocycles. The first-order valence-corrected chi connectivity index (χ1v) is 23.5. The molecule has 13 atom stereocenters. The third-order valence-corrected chi connectivity index (χ3v) is 13.9. The number of amides is 1. The lowest BCUT2D eigenvalue weighted by Gasteiger charge is -2.47. The Kier molecular flexibility index (Phi) is 16.4. The molecule has 0 saturated carbocycles. The van der Waals surface area contributed by atoms with E-state index in [2.05, 4.69) is 14.7 Å². The van der Waals surface area contributed by atoms with Gasteiger partial charge in [-0.3, -0.25) is 14.3 Å². The number of aliphatic hydroxyl groups excluding tert-OH is 1. The van der Waals surface area contributed by atoms with E-state index in [1.54, 1.807) is 61.0 Å². The number of esters is 1. The van der Waals surface area contributed by atoms with Gasteiger partial charge in [-0.25, -0.2) is 14.0 Å². The number of aliphatic hydroxyl groups is 1. The number of hydrogen-bond donors (Lipinski definition) is 1. The first kappa shape index (κ1) is 52.0. The maximum atomic E-state index is 17.0. The minimum Gasteiger partial charge on any atom is -0.455 e. The average molecular weight is 943 g/mol. The lowest BCUT2D eigenvalue weighted by Crippen LogP contribution is -2.62. The number of benzene rings is 1. The van der Waals surface area contributed by atoms with Gasteiger partial charge in [0.2, 0.25) is 0 Å². The van der Waals surface area contributed by atoms with E-state index in [-0.39, 0.29) is 43.4 Å². The van der Waals surface area contributed by atoms with Crippen LogP contribution >= 0.6 is 0 Å². The van der Waals surface area contributed by atoms with Crippen LogP contribution in [0.4, 0.5) is 22.6 Å². The maximum absolute atomic E-state index is 17.0. The minimum absolute atomic E-state index is 0.0369. The largest absolute Gasteiger partial charge is 0.455 e. The van der Waals surface area contributed by atoms with Crippen LogP contribution in [0, 0.1) is 17.8 Å². The van der Waals surface area contributed by atoms with Crippen molar-refractivity contribution in [2.24, 2.45) is 22.1 Å². The maximum Gasteiger partial charge on any atom is 0.410 e. The van der Waals surface area contributed by atoms with Crippen LogP contribution in [0.1, 0.15) is 93.9 Å². The van der Waals surface area contributed by atoms with E-state index < -0.39 is 99.7 Å². The molecular weight excluding hydrogens is 878 g/mol. The van der Waals surface area contributed by atoms with Crippen molar-refractivity contribution in [2.75, 3.05) is 27.7 Å². The van der Waals surface area contributed by atoms with Crippen molar-refractivity contribution < 1.29 is 64.3 Å². The number of methoxy groups -OCH3 is 1. The van der Waals surface area contributed by atoms with E-state index in [0.29, 0.717) is 37.1 Å². The van der Waals surface area contributed by atoms with Crippen LogP contribution in [-0.4, -0.2) is 145 Å². The summed E-state index contributed by atoms with van der Waals surface area (Å²) in [5.41, 5.74) is -5.76. The number of cyclic esters (lactones) is 1. The number of aromatic nitrogens is 3. The van der Waals surface area contributed by atoms with E-state index in [1.807, 2.05) is 11.8 Å². The monoisotopic (exact) mass is 942 g/mol. The van der Waals surface area contributed by atoms with E-state index in [9.17, 15) is 36.3 Å². The summed E-state index contributed by atoms with van der Waals surface area (Å²) in [6.07, 6.45) is -3.30. The van der Waals surface area contributed by atoms with Crippen molar-refractivity contribution in [1.29, 1.82) is 0 Å². The number of halogens is 3. The quantitative estimate of drug-likeness (QED) is 0.102. The number of unbranched alkanes of at least 4 members (excludes halogenated alkanes) is 1. The summed E-state index contributed by atoms with van der Waals surface area (Å²) in [6, 6.07) is 4.30. The average Bonchev–Trinajstić information content (AvgIpc) is 3.84. The summed E-state index contributed by atoms with van der Waals surface area (Å²) in [5, 5.41) is 19.7. The lowest BCUT2D eigenvalue weighted by atomic mass is 9.72. The van der Waals surface area contributed by atoms with E-state index in [4.69, 9.17) is 23.7 Å². The number of Topliss-reactive ketones (excluding diaryl/α,β-unsaturated/α-hetero) is 2. The number of fused-ring (bicyclic) bond motifs is 1. The molecule has 0 bridgehead atoms. The molecule has 1 aromatic heterocycles. The van der Waals surface area contributed by atoms with Crippen LogP contribution in [-0.2, 0) is 55.1 Å². The molecule has 1 amide bonds. The van der Waals surface area contributed by atoms with Crippen LogP contribution in [0.3, 0.4) is 0 Å². The van der Waals surface area contributed by atoms with Crippen LogP contribution in [0.25, 0.3) is 11.3 Å². The van der Waals surface area contributed by atoms with Gasteiger partial charge in [-0.2, -0.15) is 4.21 Å². The number of carbonyl (C=O) groups is 4. The van der Waals surface area contributed by atoms with E-state index in [0.717, 1.165) is 6.92 Å². The van der Waals surface area contributed by atoms with Crippen LogP contribution < -0.4 is 0 Å². The molecule has 2 aromatic rings. The molecule has 4 heterocycles. The molecule has 3 saturated heterocycles. The number of ketones is 2. The number of nitrogens with zero attached hydrogens (tertiary/aromatic N) is 6. The van der Waals surface area contributed by atoms with E-state index >= 15 is 4.39 Å². The molecule has 1 aromatic carbocycles. The normalized spacial score (nSPS) is 35.4. The van der Waals surface area contributed by atoms with Crippen LogP contribution in [0.15, 0.2) is 34.8 Å². The van der Waals surface area contributed by atoms with Gasteiger partial charge in [0, 0.05) is 49.6 Å². The summed E-state index contributed by atoms with van der Waals surface area (Å²) < 4.78 is 89.3. The Balaban J connectivity index is 1.45. The van der Waals surface area contributed by atoms with Crippen LogP contribution in [0.2, 0.25) is 0 Å². The fourth-order valence-electron chi connectivity index (χ4n) is 9.94. The molecule has 1 N–H and O–H groups in total. The SMILES string of the molecule is CC[C@H]1OC(=O)[C@@](C)(F)C(=O)[C@@H](C)[C@@H](O[C@H]2O[C@H](C)C[C@H](N(C)C)[C@H]2O)[C@@](C)(OC)C[C@@H](C)C(=O)[C@H](C)[C@H]2N(CCCCn3cc(-c4cccc(N=S(=O)(F)F)c4)nn3)C(=O)O[C@]12CC. The van der Waals surface area contributed by atoms with Crippen molar-refractivity contribution in [1.82, 2.24) is 24.8 Å². The van der Waals surface area contributed by atoms with Crippen molar-refractivity contribution >= 4 is 39.8 Å². The van der Waals surface area contributed by atoms with Crippen molar-refractivity contribution in [2.45, 2.75) is 160 Å². The van der Waals surface area contributed by atoms with E-state index in [1.165, 1.54) is 41.8 Å². The molecule has 21 heteroatoms. The zero-order valence-electron chi connectivity index (χ0n) is 39.1. The number of ether oxygens (including phenoxy) is 5. The fourth-order valence-corrected chi connectivity index (χ4v) is 10.3. The van der Waals surface area contributed by atoms with Crippen molar-refractivity contribution in [3.8, 4) is 11.3 Å². The highest BCUT2D eigenvalue weighted by Crippen LogP contribution is 2.45. The van der Waals surface area contributed by atoms with Gasteiger partial charge in [0.15, 0.2) is 17.7 Å². The number of rotatable bonds is 13. The molecule has 0 radical (unpaired) electrons. The molecule has 3 aliphatic rings. The highest BCUT2D eigenvalue weighted by atomic mass is 32.3. The second-order valence-electron chi connectivity index (χ2n) is 18.3. The Bertz CT molecular complexity index is 2160. The Morgan fingerprint density at radius 1 is 1.05 bits per heavy atom. The summed E-state index contributed by atoms with van der Waals surface area (Å²) in [6.45, 7) is 12.9. The summed E-state index contributed by atoms with van der Waals surface area (Å²) >= 11 is 0. The van der Waals surface area contributed by atoms with Gasteiger partial charge in [0.05, 0.1) is 35.7 Å². The Morgan fingerprint density at radius 2 is 1.72 bits per heavy atom. The molecule has 3 aliphatic heterocycles. The lowest BCUT2D eigenvalue weighted by molar-refractivity contribution is -0.295. The molecule has 65 heavy (non-hydrogen) atoms. The molecular formula is C44H65F3N6O11S. The van der Waals surface area contributed by atoms with Gasteiger partial charge in [0.25, 0.3) is 5.67 Å². The topological polar surface area (TPSA) is 201 Å². The first-order chi connectivity index (χ1) is 30.3. The highest BCUT2D eigenvalue weighted by molar-refractivity contribution is 7.83. The summed E-state index contributed by atoms with van der Waals surface area (Å²) in [4.78, 5) is 60.5. The highest BCUT2D eigenvalue weighted by Gasteiger charge is 2.63. The predicted molar refractivity (Wildman–Crippen MR) is 232 cm³/mol. The van der Waals surface area contributed by atoms with Gasteiger partial charge in [-0.15, -0.1) is 9.46 Å². The smallest absolute Gasteiger partial charge is 0.410 e. The van der Waals surface area contributed by atoms with Crippen molar-refractivity contribution in [3.05, 3.63) is 30.5 Å². The second-order valence-corrected chi connectivity index (χ2v) is 19.3. The third-order valence-electron chi connectivity index (χ3n) is 13.5. The van der Waals surface area contributed by atoms with Gasteiger partial charge in [-0.1, -0.05) is 59.7 Å².